The van der Waals surface area contributed by atoms with Crippen LogP contribution in [0.2, 0.25) is 10.2 Å². The Bertz CT molecular complexity index is 1150. The van der Waals surface area contributed by atoms with Crippen molar-refractivity contribution in [1.82, 2.24) is 9.88 Å². The lowest BCUT2D eigenvalue weighted by Crippen LogP contribution is -2.55. The molecule has 3 heterocycles. The Balaban J connectivity index is 1.60. The summed E-state index contributed by atoms with van der Waals surface area (Å²) in [4.78, 5) is 21.4. The Morgan fingerprint density at radius 1 is 1.19 bits per heavy atom. The highest BCUT2D eigenvalue weighted by Crippen LogP contribution is 2.37. The van der Waals surface area contributed by atoms with Gasteiger partial charge in [-0.25, -0.2) is 17.8 Å². The minimum atomic E-state index is -3.52. The van der Waals surface area contributed by atoms with Gasteiger partial charge in [-0.05, 0) is 56.5 Å². The highest BCUT2D eigenvalue weighted by atomic mass is 35.5. The lowest BCUT2D eigenvalue weighted by atomic mass is 10.1. The van der Waals surface area contributed by atoms with Gasteiger partial charge < -0.3 is 9.80 Å². The zero-order chi connectivity index (χ0) is 23.2. The van der Waals surface area contributed by atoms with E-state index in [1.807, 2.05) is 6.92 Å². The summed E-state index contributed by atoms with van der Waals surface area (Å²) in [5.41, 5.74) is 0.267. The number of benzene rings is 1. The number of pyridine rings is 1. The highest BCUT2D eigenvalue weighted by Gasteiger charge is 2.43. The second-order valence-corrected chi connectivity index (χ2v) is 11.5. The number of aromatic nitrogens is 1. The van der Waals surface area contributed by atoms with E-state index in [1.54, 1.807) is 17.9 Å². The molecule has 2 fully saturated rings. The third-order valence-electron chi connectivity index (χ3n) is 6.38. The van der Waals surface area contributed by atoms with E-state index < -0.39 is 20.9 Å². The maximum atomic E-state index is 13.4. The smallest absolute Gasteiger partial charge is 0.255 e. The van der Waals surface area contributed by atoms with Crippen LogP contribution in [0.4, 0.5) is 10.2 Å². The van der Waals surface area contributed by atoms with Crippen molar-refractivity contribution in [1.29, 1.82) is 0 Å². The van der Waals surface area contributed by atoms with Gasteiger partial charge in [-0.15, -0.1) is 0 Å². The summed E-state index contributed by atoms with van der Waals surface area (Å²) in [6.45, 7) is 4.38. The molecule has 6 nitrogen and oxygen atoms in total. The fourth-order valence-corrected chi connectivity index (χ4v) is 6.45. The van der Waals surface area contributed by atoms with Crippen molar-refractivity contribution < 1.29 is 17.6 Å². The van der Waals surface area contributed by atoms with E-state index in [1.165, 1.54) is 18.2 Å². The normalized spacial score (nSPS) is 21.7. The largest absolute Gasteiger partial charge is 0.347 e. The van der Waals surface area contributed by atoms with Crippen LogP contribution in [0.15, 0.2) is 35.2 Å². The third-order valence-corrected chi connectivity index (χ3v) is 9.17. The summed E-state index contributed by atoms with van der Waals surface area (Å²) in [5.74, 6) is -0.226. The summed E-state index contributed by atoms with van der Waals surface area (Å²) in [6, 6.07) is 6.69. The number of carbonyl (C=O) groups is 1. The molecule has 2 unspecified atom stereocenters. The average molecular weight is 500 g/mol. The Labute approximate surface area is 197 Å². The summed E-state index contributed by atoms with van der Waals surface area (Å²) in [7, 11) is -3.52. The molecule has 1 amide bonds. The van der Waals surface area contributed by atoms with Gasteiger partial charge >= 0.3 is 0 Å². The van der Waals surface area contributed by atoms with Gasteiger partial charge in [0.2, 0.25) is 0 Å². The topological polar surface area (TPSA) is 70.6 Å². The van der Waals surface area contributed by atoms with Crippen molar-refractivity contribution in [2.24, 2.45) is 0 Å². The van der Waals surface area contributed by atoms with Crippen molar-refractivity contribution in [3.05, 3.63) is 51.9 Å². The molecule has 1 aromatic heterocycles. The minimum absolute atomic E-state index is 0.0259. The number of hydrogen-bond acceptors (Lipinski definition) is 5. The summed E-state index contributed by atoms with van der Waals surface area (Å²) in [6.07, 6.45) is 2.18. The molecule has 2 saturated heterocycles. The quantitative estimate of drug-likeness (QED) is 0.562. The molecule has 2 bridgehead atoms. The molecule has 0 spiro atoms. The molecule has 172 valence electrons. The van der Waals surface area contributed by atoms with Gasteiger partial charge in [0.25, 0.3) is 5.91 Å². The lowest BCUT2D eigenvalue weighted by molar-refractivity contribution is 0.0717. The first kappa shape index (κ1) is 23.3. The number of anilines is 1. The van der Waals surface area contributed by atoms with Gasteiger partial charge in [-0.3, -0.25) is 4.79 Å². The first-order valence-electron chi connectivity index (χ1n) is 10.6. The van der Waals surface area contributed by atoms with Crippen LogP contribution in [0.25, 0.3) is 0 Å². The zero-order valence-corrected chi connectivity index (χ0v) is 20.1. The van der Waals surface area contributed by atoms with E-state index in [-0.39, 0.29) is 38.6 Å². The molecule has 1 aromatic carbocycles. The fraction of sp³-hybridized carbons (Fsp3) is 0.455. The van der Waals surface area contributed by atoms with Crippen LogP contribution in [0.1, 0.15) is 43.5 Å². The summed E-state index contributed by atoms with van der Waals surface area (Å²) >= 11 is 12.3. The van der Waals surface area contributed by atoms with Crippen LogP contribution in [0.3, 0.4) is 0 Å². The van der Waals surface area contributed by atoms with Gasteiger partial charge in [0.05, 0.1) is 20.7 Å². The van der Waals surface area contributed by atoms with Crippen LogP contribution in [-0.4, -0.2) is 54.6 Å². The number of likely N-dealkylation sites (tertiary alicyclic amines) is 1. The first-order chi connectivity index (χ1) is 15.1. The van der Waals surface area contributed by atoms with E-state index in [2.05, 4.69) is 9.88 Å². The van der Waals surface area contributed by atoms with Gasteiger partial charge in [-0.1, -0.05) is 30.1 Å². The molecule has 10 heteroatoms. The van der Waals surface area contributed by atoms with Crippen LogP contribution >= 0.6 is 23.2 Å². The van der Waals surface area contributed by atoms with E-state index in [9.17, 15) is 17.6 Å². The Morgan fingerprint density at radius 2 is 1.84 bits per heavy atom. The molecule has 2 aliphatic rings. The van der Waals surface area contributed by atoms with Crippen molar-refractivity contribution in [3.8, 4) is 0 Å². The second kappa shape index (κ2) is 8.80. The molecule has 2 aromatic rings. The molecule has 0 saturated carbocycles. The molecule has 0 aliphatic carbocycles. The molecule has 32 heavy (non-hydrogen) atoms. The van der Waals surface area contributed by atoms with Crippen LogP contribution in [0, 0.1) is 5.82 Å². The van der Waals surface area contributed by atoms with E-state index in [4.69, 9.17) is 23.2 Å². The van der Waals surface area contributed by atoms with Crippen LogP contribution in [-0.2, 0) is 9.84 Å². The zero-order valence-electron chi connectivity index (χ0n) is 17.8. The van der Waals surface area contributed by atoms with Gasteiger partial charge in [0.15, 0.2) is 9.84 Å². The minimum Gasteiger partial charge on any atom is -0.347 e. The SMILES string of the molecule is CC[C@@H](C)S(=O)(=O)c1cc(Cl)nc(N2C3CCC2CN(C(=O)c2ccc(F)cc2Cl)C3)c1. The maximum absolute atomic E-state index is 13.4. The van der Waals surface area contributed by atoms with Crippen LogP contribution in [0.5, 0.6) is 0 Å². The van der Waals surface area contributed by atoms with Crippen molar-refractivity contribution >= 4 is 44.8 Å². The highest BCUT2D eigenvalue weighted by molar-refractivity contribution is 7.92. The van der Waals surface area contributed by atoms with E-state index in [0.717, 1.165) is 18.9 Å². The molecule has 0 N–H and O–H groups in total. The third kappa shape index (κ3) is 4.20. The van der Waals surface area contributed by atoms with Gasteiger partial charge in [0.1, 0.15) is 16.8 Å². The van der Waals surface area contributed by atoms with Crippen LogP contribution < -0.4 is 4.90 Å². The molecule has 3 atom stereocenters. The number of piperazine rings is 1. The fourth-order valence-electron chi connectivity index (χ4n) is 4.48. The Morgan fingerprint density at radius 3 is 2.44 bits per heavy atom. The molecule has 2 aliphatic heterocycles. The molecular formula is C22H24Cl2FN3O3S. The number of halogens is 3. The van der Waals surface area contributed by atoms with Gasteiger partial charge in [-0.2, -0.15) is 0 Å². The maximum Gasteiger partial charge on any atom is 0.255 e. The monoisotopic (exact) mass is 499 g/mol. The average Bonchev–Trinajstić information content (AvgIpc) is 3.01. The number of rotatable bonds is 5. The lowest BCUT2D eigenvalue weighted by Gasteiger charge is -2.42. The van der Waals surface area contributed by atoms with E-state index >= 15 is 0 Å². The number of sulfone groups is 1. The standard InChI is InChI=1S/C22H24Cl2FN3O3S/c1-3-13(2)32(30,31)17-9-20(24)26-21(10-17)28-15-5-6-16(28)12-27(11-15)22(29)18-7-4-14(25)8-19(18)23/h4,7-10,13,15-16H,3,5-6,11-12H2,1-2H3/t13-,15?,16?/m1/s1. The number of nitrogens with zero attached hydrogens (tertiary/aromatic N) is 3. The predicted molar refractivity (Wildman–Crippen MR) is 123 cm³/mol. The number of fused-ring (bicyclic) bond motifs is 2. The summed E-state index contributed by atoms with van der Waals surface area (Å²) < 4.78 is 39.1. The molecule has 0 radical (unpaired) electrons. The van der Waals surface area contributed by atoms with Crippen molar-refractivity contribution in [2.75, 3.05) is 18.0 Å². The summed E-state index contributed by atoms with van der Waals surface area (Å²) in [5, 5.41) is -0.318. The number of amides is 1. The predicted octanol–water partition coefficient (Wildman–Crippen LogP) is 4.59. The van der Waals surface area contributed by atoms with Crippen molar-refractivity contribution in [3.63, 3.8) is 0 Å². The second-order valence-electron chi connectivity index (χ2n) is 8.37. The van der Waals surface area contributed by atoms with E-state index in [0.29, 0.717) is 25.3 Å². The molecule has 4 rings (SSSR count). The molecular weight excluding hydrogens is 476 g/mol. The number of carbonyl (C=O) groups excluding carboxylic acids is 1. The first-order valence-corrected chi connectivity index (χ1v) is 12.9. The Kier molecular flexibility index (Phi) is 6.40. The van der Waals surface area contributed by atoms with Gasteiger partial charge in [0, 0.05) is 25.2 Å². The van der Waals surface area contributed by atoms with Crippen molar-refractivity contribution in [2.45, 2.75) is 55.3 Å². The Hall–Kier alpha value is -1.90. The number of hydrogen-bond donors (Lipinski definition) is 0.